The Labute approximate surface area is 132 Å². The van der Waals surface area contributed by atoms with Crippen LogP contribution in [0.25, 0.3) is 0 Å². The first-order valence-electron chi connectivity index (χ1n) is 5.48. The summed E-state index contributed by atoms with van der Waals surface area (Å²) < 4.78 is 35.1. The number of halogens is 3. The molecule has 114 valence electrons. The van der Waals surface area contributed by atoms with Crippen molar-refractivity contribution in [3.05, 3.63) is 31.7 Å². The summed E-state index contributed by atoms with van der Waals surface area (Å²) in [6.45, 7) is -0.514. The van der Waals surface area contributed by atoms with Crippen molar-refractivity contribution in [2.45, 2.75) is 11.7 Å². The van der Waals surface area contributed by atoms with Gasteiger partial charge in [-0.15, -0.1) is 3.89 Å². The second-order valence-electron chi connectivity index (χ2n) is 4.32. The fraction of sp³-hybridized carbons (Fsp3) is 0.300. The van der Waals surface area contributed by atoms with Crippen molar-refractivity contribution in [2.75, 3.05) is 11.4 Å². The quantitative estimate of drug-likeness (QED) is 0.440. The number of rotatable bonds is 3. The lowest BCUT2D eigenvalue weighted by Gasteiger charge is -2.17. The maximum absolute atomic E-state index is 13.0. The predicted octanol–water partition coefficient (Wildman–Crippen LogP) is 2.42. The molecule has 1 saturated heterocycles. The van der Waals surface area contributed by atoms with Crippen LogP contribution in [-0.2, 0) is 15.0 Å². The molecule has 1 aliphatic heterocycles. The zero-order valence-corrected chi connectivity index (χ0v) is 13.3. The highest BCUT2D eigenvalue weighted by atomic mass is 79.9. The summed E-state index contributed by atoms with van der Waals surface area (Å²) >= 11 is 8.95. The zero-order valence-electron chi connectivity index (χ0n) is 10.1. The van der Waals surface area contributed by atoms with Crippen LogP contribution in [0.5, 0.6) is 0 Å². The summed E-state index contributed by atoms with van der Waals surface area (Å²) in [6, 6.07) is 2.46. The van der Waals surface area contributed by atoms with Gasteiger partial charge in [-0.1, -0.05) is 27.5 Å². The lowest BCUT2D eigenvalue weighted by Crippen LogP contribution is -2.27. The number of nitrogens with zero attached hydrogens (tertiary/aromatic N) is 2. The van der Waals surface area contributed by atoms with Crippen LogP contribution in [0.3, 0.4) is 0 Å². The molecular formula is C10H7BrClFN2O5S. The SMILES string of the molecule is O=C1CC(S(=O)(=O)F)CN1c1c(Cl)cc(Br)cc1[N+](=O)[O-]. The van der Waals surface area contributed by atoms with E-state index in [2.05, 4.69) is 15.9 Å². The molecular weight excluding hydrogens is 395 g/mol. The molecule has 1 atom stereocenters. The number of carbonyl (C=O) groups excluding carboxylic acids is 1. The third-order valence-electron chi connectivity index (χ3n) is 2.96. The van der Waals surface area contributed by atoms with Crippen LogP contribution in [0.4, 0.5) is 15.3 Å². The standard InChI is InChI=1S/C10H7BrClFN2O5S/c11-5-1-7(12)10(8(2-5)15(17)18)14-4-6(3-9(14)16)21(13,19)20/h1-2,6H,3-4H2. The van der Waals surface area contributed by atoms with E-state index in [-0.39, 0.29) is 10.7 Å². The van der Waals surface area contributed by atoms with Gasteiger partial charge in [0.15, 0.2) is 0 Å². The molecule has 1 unspecified atom stereocenters. The Bertz CT molecular complexity index is 741. The van der Waals surface area contributed by atoms with Crippen LogP contribution in [-0.4, -0.2) is 31.0 Å². The zero-order chi connectivity index (χ0) is 15.9. The molecule has 0 saturated carbocycles. The van der Waals surface area contributed by atoms with E-state index in [4.69, 9.17) is 11.6 Å². The van der Waals surface area contributed by atoms with Crippen molar-refractivity contribution in [1.82, 2.24) is 0 Å². The van der Waals surface area contributed by atoms with Crippen molar-refractivity contribution >= 4 is 55.0 Å². The maximum atomic E-state index is 13.0. The molecule has 11 heteroatoms. The van der Waals surface area contributed by atoms with Gasteiger partial charge in [0, 0.05) is 23.5 Å². The average Bonchev–Trinajstić information content (AvgIpc) is 2.70. The molecule has 0 radical (unpaired) electrons. The number of carbonyl (C=O) groups is 1. The van der Waals surface area contributed by atoms with Gasteiger partial charge < -0.3 is 4.90 Å². The van der Waals surface area contributed by atoms with E-state index in [1.54, 1.807) is 0 Å². The van der Waals surface area contributed by atoms with Crippen molar-refractivity contribution < 1.29 is 22.0 Å². The molecule has 0 N–H and O–H groups in total. The molecule has 1 fully saturated rings. The van der Waals surface area contributed by atoms with Crippen LogP contribution >= 0.6 is 27.5 Å². The molecule has 0 aliphatic carbocycles. The Hall–Kier alpha value is -1.26. The highest BCUT2D eigenvalue weighted by Crippen LogP contribution is 2.40. The van der Waals surface area contributed by atoms with Crippen molar-refractivity contribution in [3.63, 3.8) is 0 Å². The summed E-state index contributed by atoms with van der Waals surface area (Å²) in [5.74, 6) is -0.742. The highest BCUT2D eigenvalue weighted by Gasteiger charge is 2.42. The van der Waals surface area contributed by atoms with Crippen LogP contribution < -0.4 is 4.90 Å². The fourth-order valence-corrected chi connectivity index (χ4v) is 3.60. The normalized spacial score (nSPS) is 19.1. The van der Waals surface area contributed by atoms with E-state index in [1.165, 1.54) is 6.07 Å². The summed E-state index contributed by atoms with van der Waals surface area (Å²) in [5.41, 5.74) is -0.708. The molecule has 0 bridgehead atoms. The highest BCUT2D eigenvalue weighted by molar-refractivity contribution is 9.10. The van der Waals surface area contributed by atoms with Gasteiger partial charge in [0.25, 0.3) is 5.69 Å². The number of benzene rings is 1. The molecule has 1 aromatic rings. The van der Waals surface area contributed by atoms with Gasteiger partial charge in [0.05, 0.1) is 9.95 Å². The van der Waals surface area contributed by atoms with Gasteiger partial charge in [-0.3, -0.25) is 14.9 Å². The van der Waals surface area contributed by atoms with Crippen LogP contribution in [0.1, 0.15) is 6.42 Å². The second-order valence-corrected chi connectivity index (χ2v) is 7.26. The molecule has 1 aromatic carbocycles. The largest absolute Gasteiger partial charge is 0.307 e. The van der Waals surface area contributed by atoms with Crippen molar-refractivity contribution in [2.24, 2.45) is 0 Å². The van der Waals surface area contributed by atoms with E-state index in [0.717, 1.165) is 11.0 Å². The first-order chi connectivity index (χ1) is 9.61. The van der Waals surface area contributed by atoms with Crippen LogP contribution in [0, 0.1) is 10.1 Å². The van der Waals surface area contributed by atoms with Gasteiger partial charge in [0.2, 0.25) is 5.91 Å². The molecule has 0 aromatic heterocycles. The summed E-state index contributed by atoms with van der Waals surface area (Å²) in [4.78, 5) is 23.0. The lowest BCUT2D eigenvalue weighted by molar-refractivity contribution is -0.384. The number of anilines is 1. The van der Waals surface area contributed by atoms with Gasteiger partial charge in [0.1, 0.15) is 10.9 Å². The molecule has 0 spiro atoms. The van der Waals surface area contributed by atoms with E-state index in [9.17, 15) is 27.2 Å². The Kier molecular flexibility index (Phi) is 4.22. The predicted molar refractivity (Wildman–Crippen MR) is 76.6 cm³/mol. The average molecular weight is 402 g/mol. The monoisotopic (exact) mass is 400 g/mol. The second kappa shape index (κ2) is 5.50. The van der Waals surface area contributed by atoms with E-state index in [1.807, 2.05) is 0 Å². The smallest absolute Gasteiger partial charge is 0.304 e. The van der Waals surface area contributed by atoms with Gasteiger partial charge in [-0.05, 0) is 6.07 Å². The molecule has 1 aliphatic rings. The van der Waals surface area contributed by atoms with Gasteiger partial charge >= 0.3 is 10.2 Å². The minimum Gasteiger partial charge on any atom is -0.304 e. The number of amides is 1. The summed E-state index contributed by atoms with van der Waals surface area (Å²) in [7, 11) is -4.92. The number of hydrogen-bond donors (Lipinski definition) is 0. The molecule has 21 heavy (non-hydrogen) atoms. The number of nitro benzene ring substituents is 1. The molecule has 1 amide bonds. The third-order valence-corrected chi connectivity index (χ3v) is 4.82. The maximum Gasteiger partial charge on any atom is 0.307 e. The summed E-state index contributed by atoms with van der Waals surface area (Å²) in [5, 5.41) is 9.40. The number of hydrogen-bond acceptors (Lipinski definition) is 5. The molecule has 2 rings (SSSR count). The Morgan fingerprint density at radius 1 is 1.48 bits per heavy atom. The Morgan fingerprint density at radius 2 is 2.10 bits per heavy atom. The Morgan fingerprint density at radius 3 is 2.57 bits per heavy atom. The van der Waals surface area contributed by atoms with Crippen molar-refractivity contribution in [1.29, 1.82) is 0 Å². The van der Waals surface area contributed by atoms with Crippen molar-refractivity contribution in [3.8, 4) is 0 Å². The lowest BCUT2D eigenvalue weighted by atomic mass is 10.2. The number of nitro groups is 1. The van der Waals surface area contributed by atoms with E-state index in [0.29, 0.717) is 4.47 Å². The fourth-order valence-electron chi connectivity index (χ4n) is 2.04. The first-order valence-corrected chi connectivity index (χ1v) is 8.10. The topological polar surface area (TPSA) is 97.6 Å². The molecule has 1 heterocycles. The van der Waals surface area contributed by atoms with E-state index < -0.39 is 45.0 Å². The first kappa shape index (κ1) is 16.1. The van der Waals surface area contributed by atoms with Crippen LogP contribution in [0.15, 0.2) is 16.6 Å². The minimum absolute atomic E-state index is 0.110. The van der Waals surface area contributed by atoms with Gasteiger partial charge in [-0.25, -0.2) is 0 Å². The Balaban J connectivity index is 2.53. The molecule has 7 nitrogen and oxygen atoms in total. The third kappa shape index (κ3) is 3.16. The summed E-state index contributed by atoms with van der Waals surface area (Å²) in [6.07, 6.45) is -0.581. The van der Waals surface area contributed by atoms with E-state index >= 15 is 0 Å². The van der Waals surface area contributed by atoms with Gasteiger partial charge in [-0.2, -0.15) is 8.42 Å². The minimum atomic E-state index is -4.92. The van der Waals surface area contributed by atoms with Crippen LogP contribution in [0.2, 0.25) is 5.02 Å².